The molecule has 2 aromatic rings. The molecule has 10 heteroatoms. The lowest BCUT2D eigenvalue weighted by molar-refractivity contribution is -0.0899. The highest BCUT2D eigenvalue weighted by Crippen LogP contribution is 2.30. The van der Waals surface area contributed by atoms with Gasteiger partial charge in [-0.05, 0) is 42.7 Å². The SMILES string of the molecule is CCc1cc2n(c1)S(=O)(=O)c1ccc(C(=O)NCCC3COCCO3)cc1NC2=O. The topological polar surface area (TPSA) is 116 Å². The van der Waals surface area contributed by atoms with E-state index in [1.54, 1.807) is 6.07 Å². The van der Waals surface area contributed by atoms with Crippen LogP contribution in [0.5, 0.6) is 0 Å². The molecule has 0 radical (unpaired) electrons. The van der Waals surface area contributed by atoms with Gasteiger partial charge in [0.05, 0.1) is 31.6 Å². The fourth-order valence-corrected chi connectivity index (χ4v) is 5.00. The van der Waals surface area contributed by atoms with Crippen LogP contribution in [0.2, 0.25) is 0 Å². The summed E-state index contributed by atoms with van der Waals surface area (Å²) in [5, 5.41) is 5.41. The third-order valence-electron chi connectivity index (χ3n) is 5.15. The van der Waals surface area contributed by atoms with Gasteiger partial charge in [-0.1, -0.05) is 6.92 Å². The predicted molar refractivity (Wildman–Crippen MR) is 108 cm³/mol. The number of carbonyl (C=O) groups is 2. The first kappa shape index (κ1) is 20.6. The summed E-state index contributed by atoms with van der Waals surface area (Å²) in [5.41, 5.74) is 1.13. The highest BCUT2D eigenvalue weighted by atomic mass is 32.2. The van der Waals surface area contributed by atoms with Crippen LogP contribution in [-0.4, -0.2) is 56.7 Å². The van der Waals surface area contributed by atoms with Crippen LogP contribution in [0.4, 0.5) is 5.69 Å². The van der Waals surface area contributed by atoms with Gasteiger partial charge in [-0.3, -0.25) is 9.59 Å². The fourth-order valence-electron chi connectivity index (χ4n) is 3.49. The highest BCUT2D eigenvalue weighted by molar-refractivity contribution is 7.90. The molecule has 2 N–H and O–H groups in total. The molecule has 4 rings (SSSR count). The van der Waals surface area contributed by atoms with Crippen molar-refractivity contribution in [3.63, 3.8) is 0 Å². The minimum Gasteiger partial charge on any atom is -0.376 e. The number of hydrogen-bond acceptors (Lipinski definition) is 6. The number of nitrogens with one attached hydrogen (secondary N) is 2. The van der Waals surface area contributed by atoms with Crippen LogP contribution < -0.4 is 10.6 Å². The molecule has 2 aliphatic heterocycles. The second kappa shape index (κ2) is 8.21. The molecule has 2 aliphatic rings. The minimum atomic E-state index is -3.96. The Morgan fingerprint density at radius 1 is 1.30 bits per heavy atom. The summed E-state index contributed by atoms with van der Waals surface area (Å²) < 4.78 is 38.0. The summed E-state index contributed by atoms with van der Waals surface area (Å²) in [4.78, 5) is 25.0. The lowest BCUT2D eigenvalue weighted by atomic mass is 10.1. The van der Waals surface area contributed by atoms with Crippen molar-refractivity contribution in [3.05, 3.63) is 47.3 Å². The van der Waals surface area contributed by atoms with Crippen LogP contribution in [0.1, 0.15) is 39.8 Å². The number of anilines is 1. The van der Waals surface area contributed by atoms with Crippen LogP contribution in [0.15, 0.2) is 35.4 Å². The van der Waals surface area contributed by atoms with E-state index in [1.807, 2.05) is 6.92 Å². The Labute approximate surface area is 174 Å². The van der Waals surface area contributed by atoms with E-state index in [4.69, 9.17) is 9.47 Å². The zero-order valence-electron chi connectivity index (χ0n) is 16.5. The summed E-state index contributed by atoms with van der Waals surface area (Å²) in [6.07, 6.45) is 2.61. The van der Waals surface area contributed by atoms with Crippen LogP contribution in [-0.2, 0) is 25.9 Å². The zero-order chi connectivity index (χ0) is 21.3. The zero-order valence-corrected chi connectivity index (χ0v) is 17.3. The summed E-state index contributed by atoms with van der Waals surface area (Å²) in [5.74, 6) is -0.901. The van der Waals surface area contributed by atoms with Gasteiger partial charge in [-0.15, -0.1) is 0 Å². The first-order valence-corrected chi connectivity index (χ1v) is 11.2. The van der Waals surface area contributed by atoms with Gasteiger partial charge >= 0.3 is 0 Å². The highest BCUT2D eigenvalue weighted by Gasteiger charge is 2.31. The number of benzene rings is 1. The van der Waals surface area contributed by atoms with Crippen molar-refractivity contribution in [2.45, 2.75) is 30.8 Å². The van der Waals surface area contributed by atoms with Gasteiger partial charge < -0.3 is 20.1 Å². The van der Waals surface area contributed by atoms with Crippen molar-refractivity contribution in [2.24, 2.45) is 0 Å². The van der Waals surface area contributed by atoms with E-state index in [0.29, 0.717) is 39.2 Å². The molecule has 1 aromatic heterocycles. The van der Waals surface area contributed by atoms with Gasteiger partial charge in [0, 0.05) is 18.3 Å². The molecule has 0 aliphatic carbocycles. The Bertz CT molecular complexity index is 1090. The van der Waals surface area contributed by atoms with E-state index in [-0.39, 0.29) is 33.9 Å². The monoisotopic (exact) mass is 433 g/mol. The molecule has 0 spiro atoms. The Kier molecular flexibility index (Phi) is 5.63. The molecule has 160 valence electrons. The van der Waals surface area contributed by atoms with Crippen molar-refractivity contribution in [3.8, 4) is 0 Å². The number of carbonyl (C=O) groups excluding carboxylic acids is 2. The van der Waals surface area contributed by atoms with E-state index in [1.165, 1.54) is 24.4 Å². The molecule has 1 fully saturated rings. The quantitative estimate of drug-likeness (QED) is 0.736. The van der Waals surface area contributed by atoms with E-state index in [9.17, 15) is 18.0 Å². The van der Waals surface area contributed by atoms with Crippen molar-refractivity contribution in [1.82, 2.24) is 9.29 Å². The van der Waals surface area contributed by atoms with Crippen LogP contribution >= 0.6 is 0 Å². The number of nitrogens with zero attached hydrogens (tertiary/aromatic N) is 1. The molecule has 9 nitrogen and oxygen atoms in total. The maximum absolute atomic E-state index is 13.1. The lowest BCUT2D eigenvalue weighted by Crippen LogP contribution is -2.33. The number of aromatic nitrogens is 1. The molecule has 1 unspecified atom stereocenters. The smallest absolute Gasteiger partial charge is 0.273 e. The Hall–Kier alpha value is -2.69. The minimum absolute atomic E-state index is 0.0451. The van der Waals surface area contributed by atoms with Gasteiger partial charge in [0.15, 0.2) is 0 Å². The average Bonchev–Trinajstić information content (AvgIpc) is 3.17. The first-order chi connectivity index (χ1) is 14.4. The van der Waals surface area contributed by atoms with Crippen molar-refractivity contribution in [2.75, 3.05) is 31.7 Å². The molecule has 1 aromatic carbocycles. The van der Waals surface area contributed by atoms with Crippen molar-refractivity contribution < 1.29 is 27.5 Å². The molecule has 3 heterocycles. The van der Waals surface area contributed by atoms with E-state index in [2.05, 4.69) is 10.6 Å². The largest absolute Gasteiger partial charge is 0.376 e. The fraction of sp³-hybridized carbons (Fsp3) is 0.400. The van der Waals surface area contributed by atoms with Gasteiger partial charge in [0.25, 0.3) is 21.8 Å². The molecule has 0 saturated carbocycles. The first-order valence-electron chi connectivity index (χ1n) is 9.80. The molecular weight excluding hydrogens is 410 g/mol. The number of ether oxygens (including phenoxy) is 2. The Morgan fingerprint density at radius 2 is 2.13 bits per heavy atom. The third kappa shape index (κ3) is 3.85. The number of fused-ring (bicyclic) bond motifs is 2. The molecule has 0 bridgehead atoms. The molecule has 1 atom stereocenters. The molecular formula is C20H23N3O6S. The van der Waals surface area contributed by atoms with Gasteiger partial charge in [-0.2, -0.15) is 0 Å². The summed E-state index contributed by atoms with van der Waals surface area (Å²) in [7, 11) is -3.96. The summed E-state index contributed by atoms with van der Waals surface area (Å²) >= 11 is 0. The standard InChI is InChI=1S/C20H23N3O6S/c1-2-13-9-17-20(25)22-16-10-14(3-4-18(16)30(26,27)23(17)11-13)19(24)21-6-5-15-12-28-7-8-29-15/h3-4,9-11,15H,2,5-8,12H2,1H3,(H,21,24)(H,22,25). The molecule has 1 saturated heterocycles. The Morgan fingerprint density at radius 3 is 2.87 bits per heavy atom. The number of rotatable bonds is 5. The molecule has 30 heavy (non-hydrogen) atoms. The van der Waals surface area contributed by atoms with E-state index < -0.39 is 15.9 Å². The lowest BCUT2D eigenvalue weighted by Gasteiger charge is -2.22. The Balaban J connectivity index is 1.54. The average molecular weight is 433 g/mol. The predicted octanol–water partition coefficient (Wildman–Crippen LogP) is 1.39. The number of hydrogen-bond donors (Lipinski definition) is 2. The van der Waals surface area contributed by atoms with E-state index in [0.717, 1.165) is 9.54 Å². The van der Waals surface area contributed by atoms with Gasteiger partial charge in [-0.25, -0.2) is 12.4 Å². The van der Waals surface area contributed by atoms with E-state index >= 15 is 0 Å². The van der Waals surface area contributed by atoms with Crippen LogP contribution in [0.3, 0.4) is 0 Å². The normalized spacial score (nSPS) is 19.9. The second-order valence-electron chi connectivity index (χ2n) is 7.17. The summed E-state index contributed by atoms with van der Waals surface area (Å²) in [6.45, 7) is 3.89. The maximum atomic E-state index is 13.1. The van der Waals surface area contributed by atoms with Crippen molar-refractivity contribution >= 4 is 27.5 Å². The van der Waals surface area contributed by atoms with Crippen molar-refractivity contribution in [1.29, 1.82) is 0 Å². The maximum Gasteiger partial charge on any atom is 0.273 e. The third-order valence-corrected chi connectivity index (χ3v) is 6.88. The molecule has 2 amide bonds. The van der Waals surface area contributed by atoms with Gasteiger partial charge in [0.2, 0.25) is 0 Å². The van der Waals surface area contributed by atoms with Crippen LogP contribution in [0, 0.1) is 0 Å². The number of aryl methyl sites for hydroxylation is 1. The van der Waals surface area contributed by atoms with Crippen LogP contribution in [0.25, 0.3) is 0 Å². The second-order valence-corrected chi connectivity index (χ2v) is 8.95. The number of amides is 2. The summed E-state index contributed by atoms with van der Waals surface area (Å²) in [6, 6.07) is 5.73. The van der Waals surface area contributed by atoms with Gasteiger partial charge in [0.1, 0.15) is 10.6 Å².